The molecule has 3 heterocycles. The minimum Gasteiger partial charge on any atom is -0.381 e. The van der Waals surface area contributed by atoms with Gasteiger partial charge < -0.3 is 10.1 Å². The molecule has 1 saturated carbocycles. The molecule has 0 spiro atoms. The highest BCUT2D eigenvalue weighted by atomic mass is 16.5. The topological polar surface area (TPSA) is 76.5 Å². The van der Waals surface area contributed by atoms with Gasteiger partial charge in [0.1, 0.15) is 6.54 Å². The third-order valence-electron chi connectivity index (χ3n) is 5.77. The lowest BCUT2D eigenvalue weighted by Gasteiger charge is -2.31. The number of hydrogen-bond donors (Lipinski definition) is 1. The van der Waals surface area contributed by atoms with Crippen molar-refractivity contribution in [1.82, 2.24) is 19.8 Å². The zero-order valence-corrected chi connectivity index (χ0v) is 14.5. The van der Waals surface area contributed by atoms with Crippen molar-refractivity contribution in [3.63, 3.8) is 0 Å². The Bertz CT molecular complexity index is 666. The fourth-order valence-electron chi connectivity index (χ4n) is 4.28. The van der Waals surface area contributed by atoms with Crippen LogP contribution in [-0.2, 0) is 16.1 Å². The molecule has 7 nitrogen and oxygen atoms in total. The molecule has 4 rings (SSSR count). The molecule has 1 aromatic rings. The molecule has 0 radical (unpaired) electrons. The number of ether oxygens (including phenoxy) is 1. The predicted molar refractivity (Wildman–Crippen MR) is 92.1 cm³/mol. The summed E-state index contributed by atoms with van der Waals surface area (Å²) < 4.78 is 6.83. The molecule has 136 valence electrons. The van der Waals surface area contributed by atoms with E-state index in [0.29, 0.717) is 12.0 Å². The van der Waals surface area contributed by atoms with E-state index >= 15 is 0 Å². The van der Waals surface area contributed by atoms with E-state index in [1.54, 1.807) is 12.3 Å². The van der Waals surface area contributed by atoms with Crippen LogP contribution in [0.2, 0.25) is 0 Å². The number of amides is 1. The molecule has 7 heteroatoms. The molecule has 25 heavy (non-hydrogen) atoms. The number of carbonyl (C=O) groups excluding carboxylic acids is 1. The van der Waals surface area contributed by atoms with Gasteiger partial charge in [0, 0.05) is 50.8 Å². The molecule has 2 saturated heterocycles. The zero-order valence-electron chi connectivity index (χ0n) is 14.5. The lowest BCUT2D eigenvalue weighted by atomic mass is 9.98. The van der Waals surface area contributed by atoms with Crippen LogP contribution in [0.25, 0.3) is 0 Å². The van der Waals surface area contributed by atoms with Crippen LogP contribution in [0.4, 0.5) is 0 Å². The summed E-state index contributed by atoms with van der Waals surface area (Å²) in [6.45, 7) is 3.72. The number of likely N-dealkylation sites (tertiary alicyclic amines) is 1. The molecule has 1 aromatic heterocycles. The first-order chi connectivity index (χ1) is 12.2. The van der Waals surface area contributed by atoms with E-state index in [2.05, 4.69) is 15.2 Å². The van der Waals surface area contributed by atoms with Crippen LogP contribution < -0.4 is 11.0 Å². The first kappa shape index (κ1) is 16.7. The third-order valence-corrected chi connectivity index (χ3v) is 5.77. The molecule has 2 atom stereocenters. The first-order valence-corrected chi connectivity index (χ1v) is 9.33. The lowest BCUT2D eigenvalue weighted by Crippen LogP contribution is -2.44. The Labute approximate surface area is 147 Å². The fraction of sp³-hybridized carbons (Fsp3) is 0.722. The summed E-state index contributed by atoms with van der Waals surface area (Å²) in [5.74, 6) is 1.19. The molecule has 2 aliphatic heterocycles. The zero-order chi connectivity index (χ0) is 17.2. The molecular weight excluding hydrogens is 320 g/mol. The number of nitrogens with one attached hydrogen (secondary N) is 1. The smallest absolute Gasteiger partial charge is 0.347 e. The number of rotatable bonds is 5. The van der Waals surface area contributed by atoms with Crippen molar-refractivity contribution < 1.29 is 9.53 Å². The molecule has 3 aliphatic rings. The summed E-state index contributed by atoms with van der Waals surface area (Å²) in [6.07, 6.45) is 7.78. The molecule has 1 N–H and O–H groups in total. The Balaban J connectivity index is 1.38. The maximum atomic E-state index is 12.5. The summed E-state index contributed by atoms with van der Waals surface area (Å²) in [5.41, 5.74) is -0.383. The Morgan fingerprint density at radius 3 is 2.76 bits per heavy atom. The van der Waals surface area contributed by atoms with Gasteiger partial charge in [-0.05, 0) is 43.6 Å². The number of carbonyl (C=O) groups is 1. The van der Waals surface area contributed by atoms with Crippen molar-refractivity contribution >= 4 is 5.91 Å². The maximum Gasteiger partial charge on any atom is 0.347 e. The molecule has 0 bridgehead atoms. The number of aromatic nitrogens is 2. The maximum absolute atomic E-state index is 12.5. The molecule has 1 aliphatic carbocycles. The molecule has 3 fully saturated rings. The van der Waals surface area contributed by atoms with Gasteiger partial charge in [-0.2, -0.15) is 0 Å². The second kappa shape index (κ2) is 7.25. The molecule has 0 unspecified atom stereocenters. The Hall–Kier alpha value is -1.73. The largest absolute Gasteiger partial charge is 0.381 e. The second-order valence-electron chi connectivity index (χ2n) is 7.50. The number of hydrogen-bond acceptors (Lipinski definition) is 5. The Morgan fingerprint density at radius 1 is 1.24 bits per heavy atom. The van der Waals surface area contributed by atoms with Gasteiger partial charge >= 0.3 is 5.69 Å². The summed E-state index contributed by atoms with van der Waals surface area (Å²) in [5, 5.41) is 3.20. The normalized spacial score (nSPS) is 28.2. The first-order valence-electron chi connectivity index (χ1n) is 9.33. The summed E-state index contributed by atoms with van der Waals surface area (Å²) in [6, 6.07) is 2.44. The molecule has 1 amide bonds. The van der Waals surface area contributed by atoms with Crippen LogP contribution in [0.1, 0.15) is 25.7 Å². The van der Waals surface area contributed by atoms with Crippen LogP contribution >= 0.6 is 0 Å². The van der Waals surface area contributed by atoms with Crippen LogP contribution in [0, 0.1) is 11.8 Å². The highest BCUT2D eigenvalue weighted by Gasteiger charge is 2.44. The Morgan fingerprint density at radius 2 is 2.04 bits per heavy atom. The summed E-state index contributed by atoms with van der Waals surface area (Å²) >= 11 is 0. The van der Waals surface area contributed by atoms with Crippen molar-refractivity contribution in [1.29, 1.82) is 0 Å². The van der Waals surface area contributed by atoms with Crippen molar-refractivity contribution in [3.05, 3.63) is 28.9 Å². The van der Waals surface area contributed by atoms with E-state index in [0.717, 1.165) is 45.1 Å². The van der Waals surface area contributed by atoms with Crippen molar-refractivity contribution in [3.8, 4) is 0 Å². The van der Waals surface area contributed by atoms with Gasteiger partial charge in [-0.3, -0.25) is 14.3 Å². The van der Waals surface area contributed by atoms with Gasteiger partial charge in [0.05, 0.1) is 0 Å². The predicted octanol–water partition coefficient (Wildman–Crippen LogP) is 0.249. The van der Waals surface area contributed by atoms with Gasteiger partial charge in [-0.15, -0.1) is 0 Å². The van der Waals surface area contributed by atoms with Crippen LogP contribution in [0.5, 0.6) is 0 Å². The van der Waals surface area contributed by atoms with Gasteiger partial charge in [-0.1, -0.05) is 0 Å². The van der Waals surface area contributed by atoms with E-state index in [4.69, 9.17) is 4.74 Å². The van der Waals surface area contributed by atoms with Crippen molar-refractivity contribution in [2.45, 2.75) is 44.3 Å². The minimum atomic E-state index is -0.383. The van der Waals surface area contributed by atoms with E-state index in [9.17, 15) is 9.59 Å². The van der Waals surface area contributed by atoms with Gasteiger partial charge in [0.15, 0.2) is 0 Å². The monoisotopic (exact) mass is 346 g/mol. The third kappa shape index (κ3) is 3.93. The van der Waals surface area contributed by atoms with E-state index < -0.39 is 0 Å². The highest BCUT2D eigenvalue weighted by Crippen LogP contribution is 2.42. The van der Waals surface area contributed by atoms with Gasteiger partial charge in [-0.25, -0.2) is 9.78 Å². The quantitative estimate of drug-likeness (QED) is 0.827. The highest BCUT2D eigenvalue weighted by molar-refractivity contribution is 5.76. The standard InChI is InChI=1S/C18H26N4O3/c23-17(12-21-7-1-6-19-18(21)24)20-16-11-22(10-15(16)13-2-3-13)14-4-8-25-9-5-14/h1,6-7,13-16H,2-5,8-12H2,(H,20,23)/t15-,16+/m0/s1. The SMILES string of the molecule is O=C(Cn1cccnc1=O)N[C@@H]1CN(C2CCOCC2)C[C@H]1C1CC1. The molecular formula is C18H26N4O3. The minimum absolute atomic E-state index is 0.0395. The van der Waals surface area contributed by atoms with Gasteiger partial charge in [0.25, 0.3) is 0 Å². The van der Waals surface area contributed by atoms with Crippen LogP contribution in [0.15, 0.2) is 23.3 Å². The van der Waals surface area contributed by atoms with E-state index in [1.807, 2.05) is 0 Å². The van der Waals surface area contributed by atoms with Gasteiger partial charge in [0.2, 0.25) is 5.91 Å². The Kier molecular flexibility index (Phi) is 4.85. The molecule has 0 aromatic carbocycles. The van der Waals surface area contributed by atoms with E-state index in [-0.39, 0.29) is 24.2 Å². The fourth-order valence-corrected chi connectivity index (χ4v) is 4.28. The average Bonchev–Trinajstić information content (AvgIpc) is 3.39. The summed E-state index contributed by atoms with van der Waals surface area (Å²) in [7, 11) is 0. The lowest BCUT2D eigenvalue weighted by molar-refractivity contribution is -0.122. The average molecular weight is 346 g/mol. The van der Waals surface area contributed by atoms with Crippen molar-refractivity contribution in [2.24, 2.45) is 11.8 Å². The van der Waals surface area contributed by atoms with Crippen LogP contribution in [-0.4, -0.2) is 58.7 Å². The van der Waals surface area contributed by atoms with Crippen molar-refractivity contribution in [2.75, 3.05) is 26.3 Å². The second-order valence-corrected chi connectivity index (χ2v) is 7.50. The van der Waals surface area contributed by atoms with Crippen LogP contribution in [0.3, 0.4) is 0 Å². The summed E-state index contributed by atoms with van der Waals surface area (Å²) in [4.78, 5) is 30.4. The van der Waals surface area contributed by atoms with E-state index in [1.165, 1.54) is 23.6 Å². The number of nitrogens with zero attached hydrogens (tertiary/aromatic N) is 3.